The standard InChI is InChI=1S/C12H28Si2/c1-9(2)13(10(3)4)14(11(5)6)12(7)8/h9-12H,1-8H3. The van der Waals surface area contributed by atoms with E-state index in [1.807, 2.05) is 0 Å². The van der Waals surface area contributed by atoms with Crippen molar-refractivity contribution in [2.75, 3.05) is 0 Å². The van der Waals surface area contributed by atoms with E-state index in [1.165, 1.54) is 0 Å². The molecule has 0 heterocycles. The maximum absolute atomic E-state index is 2.45. The molecule has 0 bridgehead atoms. The molecule has 0 N–H and O–H groups in total. The van der Waals surface area contributed by atoms with E-state index in [0.717, 1.165) is 22.2 Å². The Hall–Kier alpha value is 0.434. The molecule has 0 fully saturated rings. The Balaban J connectivity index is 5.27. The summed E-state index contributed by atoms with van der Waals surface area (Å²) in [7, 11) is -0.228. The molecule has 0 unspecified atom stereocenters. The van der Waals surface area contributed by atoms with Crippen molar-refractivity contribution in [1.29, 1.82) is 0 Å². The SMILES string of the molecule is CC(C)[Si](C(C)C)=[Si](C(C)C)C(C)C. The van der Waals surface area contributed by atoms with Crippen molar-refractivity contribution in [3.8, 4) is 0 Å². The summed E-state index contributed by atoms with van der Waals surface area (Å²) in [6, 6.07) is 0. The van der Waals surface area contributed by atoms with Crippen molar-refractivity contribution < 1.29 is 0 Å². The Morgan fingerprint density at radius 3 is 0.643 bits per heavy atom. The van der Waals surface area contributed by atoms with Crippen LogP contribution in [0.1, 0.15) is 55.4 Å². The van der Waals surface area contributed by atoms with Gasteiger partial charge in [-0.05, 0) is 37.9 Å². The normalized spacial score (nSPS) is 12.0. The topological polar surface area (TPSA) is 0 Å². The molecule has 0 aromatic rings. The quantitative estimate of drug-likeness (QED) is 0.612. The number of rotatable bonds is 4. The molecule has 84 valence electrons. The van der Waals surface area contributed by atoms with Gasteiger partial charge in [-0.25, -0.2) is 0 Å². The first-order valence-corrected chi connectivity index (χ1v) is 10.3. The minimum atomic E-state index is -0.114. The second kappa shape index (κ2) is 6.11. The highest BCUT2D eigenvalue weighted by Crippen LogP contribution is 2.24. The molecule has 0 aliphatic heterocycles. The molecule has 0 amide bonds. The summed E-state index contributed by atoms with van der Waals surface area (Å²) in [5.74, 6) is 0. The van der Waals surface area contributed by atoms with Gasteiger partial charge in [0, 0.05) is 0 Å². The van der Waals surface area contributed by atoms with Gasteiger partial charge in [-0.15, -0.1) is 0 Å². The second-order valence-corrected chi connectivity index (χ2v) is 15.4. The van der Waals surface area contributed by atoms with Gasteiger partial charge in [0.25, 0.3) is 0 Å². The fourth-order valence-electron chi connectivity index (χ4n) is 2.67. The molecule has 0 nitrogen and oxygen atoms in total. The predicted octanol–water partition coefficient (Wildman–Crippen LogP) is 4.69. The summed E-state index contributed by atoms with van der Waals surface area (Å²) < 4.78 is 0. The van der Waals surface area contributed by atoms with E-state index >= 15 is 0 Å². The lowest BCUT2D eigenvalue weighted by molar-refractivity contribution is 0.934. The van der Waals surface area contributed by atoms with Gasteiger partial charge in [-0.2, -0.15) is 0 Å². The molecule has 0 atom stereocenters. The molecule has 0 aliphatic carbocycles. The van der Waals surface area contributed by atoms with Gasteiger partial charge in [0.1, 0.15) is 0 Å². The van der Waals surface area contributed by atoms with Crippen molar-refractivity contribution in [2.45, 2.75) is 77.6 Å². The first kappa shape index (κ1) is 14.4. The molecule has 0 aromatic carbocycles. The van der Waals surface area contributed by atoms with Crippen molar-refractivity contribution in [3.63, 3.8) is 0 Å². The van der Waals surface area contributed by atoms with Gasteiger partial charge in [0.15, 0.2) is 0 Å². The summed E-state index contributed by atoms with van der Waals surface area (Å²) in [6.07, 6.45) is 0. The smallest absolute Gasteiger partial charge is 0.00613 e. The zero-order chi connectivity index (χ0) is 11.5. The Labute approximate surface area is 93.6 Å². The maximum atomic E-state index is 2.45. The van der Waals surface area contributed by atoms with Crippen LogP contribution in [-0.4, -0.2) is 15.8 Å². The Morgan fingerprint density at radius 1 is 0.429 bits per heavy atom. The van der Waals surface area contributed by atoms with Crippen LogP contribution in [0, 0.1) is 0 Å². The van der Waals surface area contributed by atoms with Crippen LogP contribution in [0.4, 0.5) is 0 Å². The molecule has 0 spiro atoms. The van der Waals surface area contributed by atoms with Gasteiger partial charge in [-0.3, -0.25) is 0 Å². The molecule has 14 heavy (non-hydrogen) atoms. The van der Waals surface area contributed by atoms with Crippen LogP contribution in [0.2, 0.25) is 22.2 Å². The van der Waals surface area contributed by atoms with Gasteiger partial charge in [-0.1, -0.05) is 55.4 Å². The summed E-state index contributed by atoms with van der Waals surface area (Å²) in [6.45, 7) is 19.6. The molecule has 0 saturated heterocycles. The van der Waals surface area contributed by atoms with Crippen molar-refractivity contribution in [3.05, 3.63) is 0 Å². The van der Waals surface area contributed by atoms with Crippen LogP contribution in [0.3, 0.4) is 0 Å². The molecule has 0 radical (unpaired) electrons. The zero-order valence-electron chi connectivity index (χ0n) is 11.3. The van der Waals surface area contributed by atoms with Gasteiger partial charge in [0.2, 0.25) is 0 Å². The third kappa shape index (κ3) is 3.89. The van der Waals surface area contributed by atoms with E-state index < -0.39 is 0 Å². The number of hydrogen-bond donors (Lipinski definition) is 0. The minimum absolute atomic E-state index is 0.114. The van der Waals surface area contributed by atoms with Crippen LogP contribution in [-0.2, 0) is 0 Å². The predicted molar refractivity (Wildman–Crippen MR) is 71.9 cm³/mol. The lowest BCUT2D eigenvalue weighted by atomic mass is 10.5. The Bertz CT molecular complexity index is 158. The molecular formula is C12H28Si2. The van der Waals surface area contributed by atoms with Crippen molar-refractivity contribution >= 4 is 15.8 Å². The molecular weight excluding hydrogens is 200 g/mol. The third-order valence-corrected chi connectivity index (χ3v) is 17.4. The van der Waals surface area contributed by atoms with Gasteiger partial charge >= 0.3 is 0 Å². The highest BCUT2D eigenvalue weighted by molar-refractivity contribution is 6.98. The van der Waals surface area contributed by atoms with Crippen molar-refractivity contribution in [2.24, 2.45) is 0 Å². The first-order chi connectivity index (χ1) is 6.29. The van der Waals surface area contributed by atoms with Crippen LogP contribution >= 0.6 is 0 Å². The van der Waals surface area contributed by atoms with Crippen LogP contribution in [0.15, 0.2) is 0 Å². The van der Waals surface area contributed by atoms with E-state index in [0.29, 0.717) is 0 Å². The zero-order valence-corrected chi connectivity index (χ0v) is 13.3. The summed E-state index contributed by atoms with van der Waals surface area (Å²) >= 11 is 0. The Kier molecular flexibility index (Phi) is 6.30. The van der Waals surface area contributed by atoms with Gasteiger partial charge in [0.05, 0.1) is 0 Å². The van der Waals surface area contributed by atoms with Gasteiger partial charge < -0.3 is 0 Å². The summed E-state index contributed by atoms with van der Waals surface area (Å²) in [5, 5.41) is 0. The average molecular weight is 229 g/mol. The van der Waals surface area contributed by atoms with Crippen molar-refractivity contribution in [1.82, 2.24) is 0 Å². The van der Waals surface area contributed by atoms with Crippen LogP contribution in [0.25, 0.3) is 0 Å². The Morgan fingerprint density at radius 2 is 0.571 bits per heavy atom. The second-order valence-electron chi connectivity index (χ2n) is 5.53. The molecule has 0 saturated carbocycles. The van der Waals surface area contributed by atoms with Crippen LogP contribution < -0.4 is 0 Å². The summed E-state index contributed by atoms with van der Waals surface area (Å²) in [4.78, 5) is 0. The van der Waals surface area contributed by atoms with Crippen LogP contribution in [0.5, 0.6) is 0 Å². The highest BCUT2D eigenvalue weighted by Gasteiger charge is 2.20. The average Bonchev–Trinajstić information content (AvgIpc) is 1.96. The van der Waals surface area contributed by atoms with E-state index in [-0.39, 0.29) is 15.8 Å². The van der Waals surface area contributed by atoms with E-state index in [1.54, 1.807) is 0 Å². The third-order valence-electron chi connectivity index (χ3n) is 2.82. The summed E-state index contributed by atoms with van der Waals surface area (Å²) in [5.41, 5.74) is 3.83. The fraction of sp³-hybridized carbons (Fsp3) is 1.00. The number of hydrogen-bond acceptors (Lipinski definition) is 0. The maximum Gasteiger partial charge on any atom is -0.00613 e. The molecule has 2 heteroatoms. The minimum Gasteiger partial charge on any atom is -0.0625 e. The molecule has 0 rings (SSSR count). The highest BCUT2D eigenvalue weighted by atomic mass is 28.9. The largest absolute Gasteiger partial charge is 0.0625 e. The van der Waals surface area contributed by atoms with E-state index in [9.17, 15) is 0 Å². The monoisotopic (exact) mass is 228 g/mol. The molecule has 0 aliphatic rings. The lowest BCUT2D eigenvalue weighted by Crippen LogP contribution is -2.28. The van der Waals surface area contributed by atoms with E-state index in [4.69, 9.17) is 0 Å². The van der Waals surface area contributed by atoms with E-state index in [2.05, 4.69) is 55.4 Å². The fourth-order valence-corrected chi connectivity index (χ4v) is 16.0. The molecule has 0 aromatic heterocycles. The lowest BCUT2D eigenvalue weighted by Gasteiger charge is -2.25. The first-order valence-electron chi connectivity index (χ1n) is 6.02.